The largest absolute Gasteiger partial charge is 0.457 e. The Morgan fingerprint density at radius 1 is 1.23 bits per heavy atom. The lowest BCUT2D eigenvalue weighted by atomic mass is 10.0. The van der Waals surface area contributed by atoms with Crippen molar-refractivity contribution in [3.05, 3.63) is 64.7 Å². The first kappa shape index (κ1) is 16.3. The molecular weight excluding hydrogens is 338 g/mol. The molecule has 112 valence electrons. The van der Waals surface area contributed by atoms with Gasteiger partial charge in [0.1, 0.15) is 11.5 Å². The Hall–Kier alpha value is -2.05. The maximum absolute atomic E-state index is 9.28. The van der Waals surface area contributed by atoms with Crippen molar-refractivity contribution in [2.75, 3.05) is 0 Å². The molecule has 0 unspecified atom stereocenters. The van der Waals surface area contributed by atoms with Gasteiger partial charge in [-0.2, -0.15) is 5.26 Å². The number of hydrogen-bond donors (Lipinski definition) is 0. The van der Waals surface area contributed by atoms with Gasteiger partial charge in [0.15, 0.2) is 0 Å². The van der Waals surface area contributed by atoms with Crippen LogP contribution in [0, 0.1) is 18.3 Å². The van der Waals surface area contributed by atoms with Crippen LogP contribution in [-0.2, 0) is 0 Å². The Labute approximate surface area is 140 Å². The number of nitriles is 1. The average Bonchev–Trinajstić information content (AvgIpc) is 2.54. The van der Waals surface area contributed by atoms with Crippen LogP contribution in [0.15, 0.2) is 48.0 Å². The zero-order valence-corrected chi connectivity index (χ0v) is 14.6. The van der Waals surface area contributed by atoms with E-state index in [1.54, 1.807) is 0 Å². The molecular formula is C19H18BrNO. The summed E-state index contributed by atoms with van der Waals surface area (Å²) in [7, 11) is 0. The lowest BCUT2D eigenvalue weighted by Gasteiger charge is -2.14. The monoisotopic (exact) mass is 355 g/mol. The second-order valence-electron chi connectivity index (χ2n) is 5.14. The van der Waals surface area contributed by atoms with Gasteiger partial charge in [-0.15, -0.1) is 0 Å². The summed E-state index contributed by atoms with van der Waals surface area (Å²) in [6.07, 6.45) is 0.932. The van der Waals surface area contributed by atoms with Crippen molar-refractivity contribution in [3.8, 4) is 17.6 Å². The van der Waals surface area contributed by atoms with E-state index in [0.29, 0.717) is 5.56 Å². The van der Waals surface area contributed by atoms with E-state index in [9.17, 15) is 5.26 Å². The summed E-state index contributed by atoms with van der Waals surface area (Å²) < 4.78 is 7.02. The summed E-state index contributed by atoms with van der Waals surface area (Å²) in [4.78, 5) is 0. The molecule has 0 aliphatic heterocycles. The molecule has 0 atom stereocenters. The molecule has 0 aliphatic rings. The lowest BCUT2D eigenvalue weighted by molar-refractivity contribution is 0.481. The highest BCUT2D eigenvalue weighted by Gasteiger charge is 2.13. The highest BCUT2D eigenvalue weighted by molar-refractivity contribution is 9.15. The fourth-order valence-corrected chi connectivity index (χ4v) is 2.65. The third-order valence-corrected chi connectivity index (χ3v) is 4.66. The summed E-state index contributed by atoms with van der Waals surface area (Å²) in [5.41, 5.74) is 3.69. The van der Waals surface area contributed by atoms with Gasteiger partial charge < -0.3 is 4.74 Å². The smallest absolute Gasteiger partial charge is 0.136 e. The van der Waals surface area contributed by atoms with E-state index in [-0.39, 0.29) is 0 Å². The van der Waals surface area contributed by atoms with Crippen LogP contribution in [0.5, 0.6) is 11.5 Å². The first-order chi connectivity index (χ1) is 10.6. The zero-order valence-electron chi connectivity index (χ0n) is 13.0. The summed E-state index contributed by atoms with van der Waals surface area (Å²) in [5.74, 6) is 1.53. The van der Waals surface area contributed by atoms with Crippen LogP contribution in [0.25, 0.3) is 4.48 Å². The number of rotatable bonds is 4. The highest BCUT2D eigenvalue weighted by Crippen LogP contribution is 2.37. The SMILES string of the molecule is CC/C(C)=C(/Br)c1cc(C#N)c(C)cc1Oc1ccccc1. The van der Waals surface area contributed by atoms with Crippen molar-refractivity contribution in [1.29, 1.82) is 5.26 Å². The molecule has 0 aromatic heterocycles. The van der Waals surface area contributed by atoms with Gasteiger partial charge in [0, 0.05) is 10.0 Å². The minimum absolute atomic E-state index is 0.663. The van der Waals surface area contributed by atoms with Crippen molar-refractivity contribution in [1.82, 2.24) is 0 Å². The normalized spacial score (nSPS) is 11.6. The van der Waals surface area contributed by atoms with Crippen LogP contribution in [0.1, 0.15) is 37.0 Å². The third kappa shape index (κ3) is 3.58. The number of nitrogens with zero attached hydrogens (tertiary/aromatic N) is 1. The fraction of sp³-hybridized carbons (Fsp3) is 0.211. The topological polar surface area (TPSA) is 33.0 Å². The van der Waals surface area contributed by atoms with E-state index in [1.807, 2.05) is 49.4 Å². The first-order valence-corrected chi connectivity index (χ1v) is 7.99. The van der Waals surface area contributed by atoms with E-state index in [1.165, 1.54) is 5.57 Å². The maximum atomic E-state index is 9.28. The Balaban J connectivity index is 2.57. The minimum atomic E-state index is 0.663. The number of ether oxygens (including phenoxy) is 1. The van der Waals surface area contributed by atoms with Gasteiger partial charge in [0.25, 0.3) is 0 Å². The maximum Gasteiger partial charge on any atom is 0.136 e. The molecule has 22 heavy (non-hydrogen) atoms. The van der Waals surface area contributed by atoms with Crippen molar-refractivity contribution in [2.24, 2.45) is 0 Å². The molecule has 2 nitrogen and oxygen atoms in total. The van der Waals surface area contributed by atoms with Crippen molar-refractivity contribution in [3.63, 3.8) is 0 Å². The standard InChI is InChI=1S/C19H18BrNO/c1-4-13(2)19(20)17-11-15(12-21)14(3)10-18(17)22-16-8-6-5-7-9-16/h5-11H,4H2,1-3H3/b19-13+. The van der Waals surface area contributed by atoms with E-state index < -0.39 is 0 Å². The van der Waals surface area contributed by atoms with Crippen LogP contribution >= 0.6 is 15.9 Å². The number of benzene rings is 2. The molecule has 2 aromatic rings. The van der Waals surface area contributed by atoms with Crippen LogP contribution in [0.3, 0.4) is 0 Å². The van der Waals surface area contributed by atoms with Gasteiger partial charge in [-0.1, -0.05) is 46.6 Å². The Morgan fingerprint density at radius 3 is 2.50 bits per heavy atom. The van der Waals surface area contributed by atoms with Gasteiger partial charge >= 0.3 is 0 Å². The van der Waals surface area contributed by atoms with Crippen LogP contribution < -0.4 is 4.74 Å². The van der Waals surface area contributed by atoms with Gasteiger partial charge in [0.05, 0.1) is 11.6 Å². The van der Waals surface area contributed by atoms with E-state index in [2.05, 4.69) is 35.8 Å². The van der Waals surface area contributed by atoms with Crippen LogP contribution in [0.4, 0.5) is 0 Å². The molecule has 0 spiro atoms. The predicted molar refractivity (Wildman–Crippen MR) is 94.2 cm³/mol. The molecule has 0 radical (unpaired) electrons. The molecule has 0 fully saturated rings. The van der Waals surface area contributed by atoms with Crippen molar-refractivity contribution < 1.29 is 4.74 Å². The molecule has 0 saturated heterocycles. The van der Waals surface area contributed by atoms with Gasteiger partial charge in [-0.05, 0) is 50.1 Å². The predicted octanol–water partition coefficient (Wildman–Crippen LogP) is 6.19. The number of allylic oxidation sites excluding steroid dienone is 1. The lowest BCUT2D eigenvalue weighted by Crippen LogP contribution is -1.94. The summed E-state index contributed by atoms with van der Waals surface area (Å²) in [5, 5.41) is 9.28. The summed E-state index contributed by atoms with van der Waals surface area (Å²) in [6.45, 7) is 6.10. The summed E-state index contributed by atoms with van der Waals surface area (Å²) >= 11 is 3.65. The Kier molecular flexibility index (Phi) is 5.41. The molecule has 0 bridgehead atoms. The fourth-order valence-electron chi connectivity index (χ4n) is 2.06. The van der Waals surface area contributed by atoms with E-state index >= 15 is 0 Å². The second kappa shape index (κ2) is 7.29. The quantitative estimate of drug-likeness (QED) is 0.654. The van der Waals surface area contributed by atoms with Gasteiger partial charge in [0.2, 0.25) is 0 Å². The summed E-state index contributed by atoms with van der Waals surface area (Å²) in [6, 6.07) is 15.7. The molecule has 0 amide bonds. The van der Waals surface area contributed by atoms with Crippen molar-refractivity contribution >= 4 is 20.4 Å². The number of hydrogen-bond acceptors (Lipinski definition) is 2. The van der Waals surface area contributed by atoms with Gasteiger partial charge in [-0.3, -0.25) is 0 Å². The molecule has 0 aliphatic carbocycles. The minimum Gasteiger partial charge on any atom is -0.457 e. The number of halogens is 1. The van der Waals surface area contributed by atoms with Gasteiger partial charge in [-0.25, -0.2) is 0 Å². The van der Waals surface area contributed by atoms with Crippen molar-refractivity contribution in [2.45, 2.75) is 27.2 Å². The molecule has 3 heteroatoms. The molecule has 2 aromatic carbocycles. The molecule has 0 heterocycles. The Morgan fingerprint density at radius 2 is 1.91 bits per heavy atom. The van der Waals surface area contributed by atoms with Crippen LogP contribution in [-0.4, -0.2) is 0 Å². The Bertz CT molecular complexity index is 742. The molecule has 0 saturated carbocycles. The number of aryl methyl sites for hydroxylation is 1. The van der Waals surface area contributed by atoms with Crippen LogP contribution in [0.2, 0.25) is 0 Å². The molecule has 0 N–H and O–H groups in total. The van der Waals surface area contributed by atoms with E-state index in [4.69, 9.17) is 4.74 Å². The van der Waals surface area contributed by atoms with E-state index in [0.717, 1.165) is 33.5 Å². The second-order valence-corrected chi connectivity index (χ2v) is 5.93. The first-order valence-electron chi connectivity index (χ1n) is 7.20. The molecule has 2 rings (SSSR count). The average molecular weight is 356 g/mol. The highest BCUT2D eigenvalue weighted by atomic mass is 79.9. The number of para-hydroxylation sites is 1. The zero-order chi connectivity index (χ0) is 16.1. The third-order valence-electron chi connectivity index (χ3n) is 3.56.